The van der Waals surface area contributed by atoms with Crippen LogP contribution in [-0.4, -0.2) is 17.0 Å². The van der Waals surface area contributed by atoms with E-state index in [1.54, 1.807) is 12.1 Å². The number of rotatable bonds is 4. The van der Waals surface area contributed by atoms with Crippen LogP contribution in [-0.2, 0) is 5.75 Å². The van der Waals surface area contributed by atoms with Gasteiger partial charge in [0.2, 0.25) is 12.7 Å². The van der Waals surface area contributed by atoms with Gasteiger partial charge in [0.05, 0.1) is 0 Å². The summed E-state index contributed by atoms with van der Waals surface area (Å²) in [6, 6.07) is 9.73. The average Bonchev–Trinajstić information content (AvgIpc) is 3.22. The fraction of sp³-hybridized carbons (Fsp3) is 0.125. The molecule has 2 aromatic carbocycles. The Bertz CT molecular complexity index is 886. The molecule has 4 rings (SSSR count). The molecule has 1 aromatic heterocycles. The van der Waals surface area contributed by atoms with Crippen molar-refractivity contribution in [3.8, 4) is 23.0 Å². The van der Waals surface area contributed by atoms with Crippen LogP contribution < -0.4 is 9.47 Å². The van der Waals surface area contributed by atoms with Gasteiger partial charge in [-0.15, -0.1) is 10.2 Å². The molecule has 8 heteroatoms. The third-order valence-corrected chi connectivity index (χ3v) is 5.00. The highest BCUT2D eigenvalue weighted by atomic mass is 79.9. The summed E-state index contributed by atoms with van der Waals surface area (Å²) >= 11 is 4.93. The fourth-order valence-electron chi connectivity index (χ4n) is 2.19. The average molecular weight is 409 g/mol. The third kappa shape index (κ3) is 3.11. The SMILES string of the molecule is Fc1ccc(-c2nnc(SCc3cc4c(cc3Br)OCO4)o2)cc1. The van der Waals surface area contributed by atoms with Crippen molar-refractivity contribution in [3.05, 3.63) is 52.3 Å². The maximum Gasteiger partial charge on any atom is 0.277 e. The molecule has 0 spiro atoms. The van der Waals surface area contributed by atoms with Crippen LogP contribution in [0.3, 0.4) is 0 Å². The maximum atomic E-state index is 13.0. The smallest absolute Gasteiger partial charge is 0.277 e. The van der Waals surface area contributed by atoms with Gasteiger partial charge >= 0.3 is 0 Å². The zero-order valence-electron chi connectivity index (χ0n) is 12.2. The van der Waals surface area contributed by atoms with Crippen molar-refractivity contribution in [2.45, 2.75) is 11.0 Å². The summed E-state index contributed by atoms with van der Waals surface area (Å²) in [4.78, 5) is 0. The van der Waals surface area contributed by atoms with Crippen LogP contribution >= 0.6 is 27.7 Å². The molecular formula is C16H10BrFN2O3S. The van der Waals surface area contributed by atoms with E-state index in [1.807, 2.05) is 12.1 Å². The molecule has 1 aliphatic rings. The quantitative estimate of drug-likeness (QED) is 0.585. The van der Waals surface area contributed by atoms with E-state index in [9.17, 15) is 4.39 Å². The Labute approximate surface area is 149 Å². The van der Waals surface area contributed by atoms with Crippen LogP contribution in [0.5, 0.6) is 11.5 Å². The molecule has 122 valence electrons. The van der Waals surface area contributed by atoms with Gasteiger partial charge in [-0.05, 0) is 42.0 Å². The zero-order valence-corrected chi connectivity index (χ0v) is 14.6. The number of thioether (sulfide) groups is 1. The number of benzene rings is 2. The van der Waals surface area contributed by atoms with Crippen LogP contribution in [0.4, 0.5) is 4.39 Å². The largest absolute Gasteiger partial charge is 0.454 e. The van der Waals surface area contributed by atoms with Crippen molar-refractivity contribution < 1.29 is 18.3 Å². The predicted octanol–water partition coefficient (Wildman–Crippen LogP) is 4.66. The number of nitrogens with zero attached hydrogens (tertiary/aromatic N) is 2. The minimum Gasteiger partial charge on any atom is -0.454 e. The van der Waals surface area contributed by atoms with Gasteiger partial charge in [-0.25, -0.2) is 4.39 Å². The lowest BCUT2D eigenvalue weighted by atomic mass is 10.2. The molecule has 0 amide bonds. The molecular weight excluding hydrogens is 399 g/mol. The van der Waals surface area contributed by atoms with Gasteiger partial charge in [0, 0.05) is 15.8 Å². The van der Waals surface area contributed by atoms with E-state index in [0.717, 1.165) is 21.5 Å². The van der Waals surface area contributed by atoms with Crippen molar-refractivity contribution in [1.29, 1.82) is 0 Å². The van der Waals surface area contributed by atoms with Crippen molar-refractivity contribution in [2.24, 2.45) is 0 Å². The van der Waals surface area contributed by atoms with Gasteiger partial charge in [-0.2, -0.15) is 0 Å². The first-order valence-corrected chi connectivity index (χ1v) is 8.77. The van der Waals surface area contributed by atoms with Crippen molar-refractivity contribution in [1.82, 2.24) is 10.2 Å². The molecule has 0 N–H and O–H groups in total. The van der Waals surface area contributed by atoms with Gasteiger partial charge in [0.25, 0.3) is 5.22 Å². The van der Waals surface area contributed by atoms with E-state index in [4.69, 9.17) is 13.9 Å². The summed E-state index contributed by atoms with van der Waals surface area (Å²) in [6.07, 6.45) is 0. The Balaban J connectivity index is 1.48. The first-order valence-electron chi connectivity index (χ1n) is 6.99. The first kappa shape index (κ1) is 15.5. The molecule has 0 atom stereocenters. The normalized spacial score (nSPS) is 12.6. The van der Waals surface area contributed by atoms with Gasteiger partial charge in [0.15, 0.2) is 11.5 Å². The van der Waals surface area contributed by atoms with Gasteiger partial charge in [0.1, 0.15) is 5.82 Å². The van der Waals surface area contributed by atoms with E-state index in [1.165, 1.54) is 23.9 Å². The number of fused-ring (bicyclic) bond motifs is 1. The summed E-state index contributed by atoms with van der Waals surface area (Å²) in [7, 11) is 0. The second-order valence-corrected chi connectivity index (χ2v) is 6.75. The standard InChI is InChI=1S/C16H10BrFN2O3S/c17-12-6-14-13(21-8-22-14)5-10(12)7-24-16-20-19-15(23-16)9-1-3-11(18)4-2-9/h1-6H,7-8H2. The Kier molecular flexibility index (Phi) is 4.15. The van der Waals surface area contributed by atoms with Crippen LogP contribution in [0.25, 0.3) is 11.5 Å². The molecule has 0 radical (unpaired) electrons. The molecule has 0 fully saturated rings. The van der Waals surface area contributed by atoms with Crippen molar-refractivity contribution >= 4 is 27.7 Å². The lowest BCUT2D eigenvalue weighted by Crippen LogP contribution is -1.92. The molecule has 1 aliphatic heterocycles. The monoisotopic (exact) mass is 408 g/mol. The topological polar surface area (TPSA) is 57.4 Å². The Morgan fingerprint density at radius 1 is 1.08 bits per heavy atom. The summed E-state index contributed by atoms with van der Waals surface area (Å²) in [5.74, 6) is 2.14. The molecule has 5 nitrogen and oxygen atoms in total. The number of hydrogen-bond acceptors (Lipinski definition) is 6. The summed E-state index contributed by atoms with van der Waals surface area (Å²) < 4.78 is 30.2. The van der Waals surface area contributed by atoms with E-state index in [-0.39, 0.29) is 12.6 Å². The highest BCUT2D eigenvalue weighted by Crippen LogP contribution is 2.39. The Hall–Kier alpha value is -2.06. The summed E-state index contributed by atoms with van der Waals surface area (Å²) in [6.45, 7) is 0.239. The van der Waals surface area contributed by atoms with Crippen LogP contribution in [0.15, 0.2) is 50.5 Å². The van der Waals surface area contributed by atoms with E-state index in [0.29, 0.717) is 22.4 Å². The molecule has 3 aromatic rings. The van der Waals surface area contributed by atoms with Crippen molar-refractivity contribution in [3.63, 3.8) is 0 Å². The second-order valence-electron chi connectivity index (χ2n) is 4.97. The molecule has 0 saturated carbocycles. The molecule has 0 aliphatic carbocycles. The van der Waals surface area contributed by atoms with Gasteiger partial charge in [-0.3, -0.25) is 0 Å². The Morgan fingerprint density at radius 3 is 2.62 bits per heavy atom. The predicted molar refractivity (Wildman–Crippen MR) is 89.5 cm³/mol. The van der Waals surface area contributed by atoms with Gasteiger partial charge < -0.3 is 13.9 Å². The molecule has 0 unspecified atom stereocenters. The van der Waals surface area contributed by atoms with Crippen LogP contribution in [0, 0.1) is 5.82 Å². The zero-order chi connectivity index (χ0) is 16.5. The number of aromatic nitrogens is 2. The molecule has 0 saturated heterocycles. The number of ether oxygens (including phenoxy) is 2. The van der Waals surface area contributed by atoms with Crippen molar-refractivity contribution in [2.75, 3.05) is 6.79 Å². The lowest BCUT2D eigenvalue weighted by molar-refractivity contribution is 0.174. The minimum atomic E-state index is -0.305. The van der Waals surface area contributed by atoms with E-state index >= 15 is 0 Å². The van der Waals surface area contributed by atoms with Crippen LogP contribution in [0.2, 0.25) is 0 Å². The maximum absolute atomic E-state index is 13.0. The highest BCUT2D eigenvalue weighted by molar-refractivity contribution is 9.10. The summed E-state index contributed by atoms with van der Waals surface area (Å²) in [5.41, 5.74) is 1.71. The molecule has 24 heavy (non-hydrogen) atoms. The third-order valence-electron chi connectivity index (χ3n) is 3.39. The number of hydrogen-bond donors (Lipinski definition) is 0. The van der Waals surface area contributed by atoms with E-state index < -0.39 is 0 Å². The minimum absolute atomic E-state index is 0.239. The van der Waals surface area contributed by atoms with Gasteiger partial charge in [-0.1, -0.05) is 27.7 Å². The first-order chi connectivity index (χ1) is 11.7. The number of halogens is 2. The van der Waals surface area contributed by atoms with Crippen LogP contribution in [0.1, 0.15) is 5.56 Å². The molecule has 0 bridgehead atoms. The molecule has 2 heterocycles. The van der Waals surface area contributed by atoms with E-state index in [2.05, 4.69) is 26.1 Å². The fourth-order valence-corrected chi connectivity index (χ4v) is 3.59. The highest BCUT2D eigenvalue weighted by Gasteiger charge is 2.17. The second kappa shape index (κ2) is 6.45. The summed E-state index contributed by atoms with van der Waals surface area (Å²) in [5, 5.41) is 8.45. The lowest BCUT2D eigenvalue weighted by Gasteiger charge is -2.04. The Morgan fingerprint density at radius 2 is 1.83 bits per heavy atom.